The van der Waals surface area contributed by atoms with E-state index < -0.39 is 12.1 Å². The quantitative estimate of drug-likeness (QED) is 0.838. The predicted octanol–water partition coefficient (Wildman–Crippen LogP) is 2.27. The Morgan fingerprint density at radius 2 is 1.70 bits per heavy atom. The number of ether oxygens (including phenoxy) is 3. The van der Waals surface area contributed by atoms with Crippen LogP contribution in [0.5, 0.6) is 17.2 Å². The van der Waals surface area contributed by atoms with Crippen LogP contribution in [0.1, 0.15) is 27.6 Å². The van der Waals surface area contributed by atoms with Crippen molar-refractivity contribution in [2.75, 3.05) is 26.6 Å². The van der Waals surface area contributed by atoms with Gasteiger partial charge in [0.15, 0.2) is 11.5 Å². The van der Waals surface area contributed by atoms with Crippen LogP contribution in [0.2, 0.25) is 0 Å². The van der Waals surface area contributed by atoms with Gasteiger partial charge in [-0.2, -0.15) is 0 Å². The molecule has 0 saturated carbocycles. The fourth-order valence-electron chi connectivity index (χ4n) is 2.92. The molecule has 27 heavy (non-hydrogen) atoms. The normalized spacial score (nSPS) is 15.5. The first-order chi connectivity index (χ1) is 13.0. The fourth-order valence-corrected chi connectivity index (χ4v) is 2.92. The lowest BCUT2D eigenvalue weighted by Gasteiger charge is -2.35. The van der Waals surface area contributed by atoms with Gasteiger partial charge in [0, 0.05) is 11.3 Å². The monoisotopic (exact) mass is 371 g/mol. The van der Waals surface area contributed by atoms with Crippen molar-refractivity contribution in [3.8, 4) is 17.2 Å². The van der Waals surface area contributed by atoms with Crippen LogP contribution >= 0.6 is 0 Å². The van der Waals surface area contributed by atoms with Crippen molar-refractivity contribution in [3.05, 3.63) is 47.5 Å². The first-order valence-electron chi connectivity index (χ1n) is 8.30. The summed E-state index contributed by atoms with van der Waals surface area (Å²) in [6, 6.07) is 10.2. The lowest BCUT2D eigenvalue weighted by Crippen LogP contribution is -2.56. The molecule has 0 bridgehead atoms. The van der Waals surface area contributed by atoms with E-state index in [-0.39, 0.29) is 11.5 Å². The highest BCUT2D eigenvalue weighted by Gasteiger charge is 2.31. The van der Waals surface area contributed by atoms with E-state index in [4.69, 9.17) is 14.2 Å². The summed E-state index contributed by atoms with van der Waals surface area (Å²) in [4.78, 5) is 25.5. The van der Waals surface area contributed by atoms with E-state index in [2.05, 4.69) is 10.7 Å². The number of methoxy groups -OCH3 is 3. The van der Waals surface area contributed by atoms with Gasteiger partial charge in [-0.25, -0.2) is 5.01 Å². The zero-order chi connectivity index (χ0) is 19.6. The van der Waals surface area contributed by atoms with Crippen molar-refractivity contribution in [2.24, 2.45) is 0 Å². The van der Waals surface area contributed by atoms with Crippen molar-refractivity contribution in [3.63, 3.8) is 0 Å². The summed E-state index contributed by atoms with van der Waals surface area (Å²) in [7, 11) is 4.42. The number of fused-ring (bicyclic) bond motifs is 1. The topological polar surface area (TPSA) is 89.1 Å². The molecule has 2 amide bonds. The number of carbonyl (C=O) groups is 2. The molecular weight excluding hydrogens is 350 g/mol. The van der Waals surface area contributed by atoms with Crippen LogP contribution in [-0.4, -0.2) is 44.3 Å². The highest BCUT2D eigenvalue weighted by Crippen LogP contribution is 2.38. The number of hydrazine groups is 1. The van der Waals surface area contributed by atoms with Gasteiger partial charge in [0.25, 0.3) is 11.8 Å². The third-order valence-corrected chi connectivity index (χ3v) is 4.28. The molecule has 142 valence electrons. The van der Waals surface area contributed by atoms with Gasteiger partial charge in [-0.3, -0.25) is 15.0 Å². The maximum absolute atomic E-state index is 12.8. The van der Waals surface area contributed by atoms with Crippen molar-refractivity contribution in [2.45, 2.75) is 13.1 Å². The summed E-state index contributed by atoms with van der Waals surface area (Å²) in [5, 5.41) is 4.44. The van der Waals surface area contributed by atoms with Crippen LogP contribution in [0.15, 0.2) is 36.4 Å². The molecule has 8 heteroatoms. The van der Waals surface area contributed by atoms with Crippen molar-refractivity contribution in [1.29, 1.82) is 0 Å². The highest BCUT2D eigenvalue weighted by molar-refractivity contribution is 6.04. The molecule has 1 aliphatic heterocycles. The molecule has 0 radical (unpaired) electrons. The van der Waals surface area contributed by atoms with Gasteiger partial charge in [-0.05, 0) is 31.2 Å². The Morgan fingerprint density at radius 3 is 2.30 bits per heavy atom. The molecule has 3 rings (SSSR count). The van der Waals surface area contributed by atoms with E-state index in [0.29, 0.717) is 22.8 Å². The third kappa shape index (κ3) is 3.33. The van der Waals surface area contributed by atoms with Crippen LogP contribution in [0, 0.1) is 0 Å². The zero-order valence-electron chi connectivity index (χ0n) is 15.5. The lowest BCUT2D eigenvalue weighted by molar-refractivity contribution is 0.0510. The predicted molar refractivity (Wildman–Crippen MR) is 99.3 cm³/mol. The van der Waals surface area contributed by atoms with Gasteiger partial charge in [0.1, 0.15) is 6.17 Å². The largest absolute Gasteiger partial charge is 0.493 e. The number of anilines is 1. The number of nitrogens with one attached hydrogen (secondary N) is 2. The number of carbonyl (C=O) groups excluding carboxylic acids is 2. The van der Waals surface area contributed by atoms with Crippen molar-refractivity contribution < 1.29 is 23.8 Å². The molecule has 2 aromatic carbocycles. The number of amides is 2. The van der Waals surface area contributed by atoms with E-state index in [9.17, 15) is 9.59 Å². The molecule has 2 N–H and O–H groups in total. The summed E-state index contributed by atoms with van der Waals surface area (Å²) in [6.45, 7) is 1.78. The zero-order valence-corrected chi connectivity index (χ0v) is 15.5. The number of benzene rings is 2. The number of hydrogen-bond donors (Lipinski definition) is 2. The molecule has 0 saturated heterocycles. The third-order valence-electron chi connectivity index (χ3n) is 4.28. The minimum absolute atomic E-state index is 0.267. The molecule has 1 heterocycles. The first kappa shape index (κ1) is 18.4. The molecule has 1 unspecified atom stereocenters. The molecule has 0 aliphatic carbocycles. The van der Waals surface area contributed by atoms with E-state index in [1.165, 1.54) is 38.5 Å². The fraction of sp³-hybridized carbons (Fsp3) is 0.263. The summed E-state index contributed by atoms with van der Waals surface area (Å²) in [5.74, 6) is 0.315. The molecule has 1 atom stereocenters. The van der Waals surface area contributed by atoms with Crippen molar-refractivity contribution >= 4 is 17.5 Å². The summed E-state index contributed by atoms with van der Waals surface area (Å²) in [5.41, 5.74) is 4.13. The van der Waals surface area contributed by atoms with Crippen LogP contribution in [0.25, 0.3) is 0 Å². The summed E-state index contributed by atoms with van der Waals surface area (Å²) < 4.78 is 15.8. The van der Waals surface area contributed by atoms with E-state index in [1.54, 1.807) is 19.1 Å². The number of hydrogen-bond acceptors (Lipinski definition) is 6. The molecular formula is C19H21N3O5. The Balaban J connectivity index is 1.88. The molecule has 8 nitrogen and oxygen atoms in total. The van der Waals surface area contributed by atoms with Crippen LogP contribution < -0.4 is 25.0 Å². The standard InChI is InChI=1S/C19H21N3O5/c1-11-20-14-8-6-5-7-13(14)19(24)22(11)21-18(23)12-9-15(25-2)17(27-4)16(10-12)26-3/h5-11,20H,1-4H3,(H,21,23). The van der Waals surface area contributed by atoms with Gasteiger partial charge >= 0.3 is 0 Å². The minimum Gasteiger partial charge on any atom is -0.493 e. The summed E-state index contributed by atoms with van der Waals surface area (Å²) >= 11 is 0. The first-order valence-corrected chi connectivity index (χ1v) is 8.30. The lowest BCUT2D eigenvalue weighted by atomic mass is 10.1. The van der Waals surface area contributed by atoms with Crippen LogP contribution in [0.4, 0.5) is 5.69 Å². The average molecular weight is 371 g/mol. The molecule has 0 fully saturated rings. The Hall–Kier alpha value is -3.42. The smallest absolute Gasteiger partial charge is 0.276 e. The van der Waals surface area contributed by atoms with Crippen molar-refractivity contribution in [1.82, 2.24) is 10.4 Å². The Kier molecular flexibility index (Phi) is 5.07. The van der Waals surface area contributed by atoms with Gasteiger partial charge in [0.05, 0.1) is 26.9 Å². The number of nitrogens with zero attached hydrogens (tertiary/aromatic N) is 1. The molecule has 0 aromatic heterocycles. The average Bonchev–Trinajstić information content (AvgIpc) is 2.69. The Labute approximate surface area is 157 Å². The second-order valence-corrected chi connectivity index (χ2v) is 5.90. The van der Waals surface area contributed by atoms with Gasteiger partial charge in [-0.1, -0.05) is 12.1 Å². The highest BCUT2D eigenvalue weighted by atomic mass is 16.5. The second kappa shape index (κ2) is 7.45. The Bertz CT molecular complexity index is 858. The van der Waals surface area contributed by atoms with E-state index >= 15 is 0 Å². The SMILES string of the molecule is COc1cc(C(=O)NN2C(=O)c3ccccc3NC2C)cc(OC)c1OC. The van der Waals surface area contributed by atoms with Crippen LogP contribution in [0.3, 0.4) is 0 Å². The van der Waals surface area contributed by atoms with E-state index in [1.807, 2.05) is 12.1 Å². The van der Waals surface area contributed by atoms with Gasteiger partial charge in [-0.15, -0.1) is 0 Å². The van der Waals surface area contributed by atoms with E-state index in [0.717, 1.165) is 5.69 Å². The second-order valence-electron chi connectivity index (χ2n) is 5.90. The maximum atomic E-state index is 12.8. The minimum atomic E-state index is -0.476. The number of rotatable bonds is 5. The maximum Gasteiger partial charge on any atom is 0.276 e. The number of para-hydroxylation sites is 1. The van der Waals surface area contributed by atoms with Gasteiger partial charge < -0.3 is 19.5 Å². The summed E-state index contributed by atoms with van der Waals surface area (Å²) in [6.07, 6.45) is -0.418. The van der Waals surface area contributed by atoms with Crippen LogP contribution in [-0.2, 0) is 0 Å². The van der Waals surface area contributed by atoms with Gasteiger partial charge in [0.2, 0.25) is 5.75 Å². The molecule has 1 aliphatic rings. The molecule has 2 aromatic rings. The Morgan fingerprint density at radius 1 is 1.07 bits per heavy atom. The molecule has 0 spiro atoms.